The van der Waals surface area contributed by atoms with E-state index < -0.39 is 0 Å². The number of aryl methyl sites for hydroxylation is 1. The van der Waals surface area contributed by atoms with E-state index in [-0.39, 0.29) is 6.04 Å². The van der Waals surface area contributed by atoms with Crippen molar-refractivity contribution in [2.75, 3.05) is 6.54 Å². The van der Waals surface area contributed by atoms with E-state index >= 15 is 0 Å². The molecule has 2 rings (SSSR count). The number of hydrogen-bond acceptors (Lipinski definition) is 3. The molecule has 0 aliphatic rings. The lowest BCUT2D eigenvalue weighted by Crippen LogP contribution is -2.21. The van der Waals surface area contributed by atoms with Crippen LogP contribution in [0.25, 0.3) is 0 Å². The Hall–Kier alpha value is -0.290. The van der Waals surface area contributed by atoms with Crippen molar-refractivity contribution in [1.82, 2.24) is 5.32 Å². The molecule has 0 aliphatic carbocycles. The first kappa shape index (κ1) is 13.1. The van der Waals surface area contributed by atoms with E-state index in [0.29, 0.717) is 0 Å². The first-order valence-electron chi connectivity index (χ1n) is 5.34. The second kappa shape index (κ2) is 5.57. The Morgan fingerprint density at radius 1 is 1.59 bits per heavy atom. The van der Waals surface area contributed by atoms with Crippen LogP contribution in [0.1, 0.15) is 29.2 Å². The average Bonchev–Trinajstić information content (AvgIpc) is 2.85. The molecule has 17 heavy (non-hydrogen) atoms. The summed E-state index contributed by atoms with van der Waals surface area (Å²) >= 11 is 11.5. The van der Waals surface area contributed by atoms with E-state index in [2.05, 4.69) is 33.6 Å². The lowest BCUT2D eigenvalue weighted by molar-refractivity contribution is 0.453. The molecule has 1 atom stereocenters. The fraction of sp³-hybridized carbons (Fsp3) is 0.333. The van der Waals surface area contributed by atoms with E-state index in [1.807, 2.05) is 13.0 Å². The number of furan rings is 1. The van der Waals surface area contributed by atoms with Gasteiger partial charge in [-0.2, -0.15) is 0 Å². The van der Waals surface area contributed by atoms with E-state index in [1.165, 1.54) is 0 Å². The van der Waals surface area contributed by atoms with Crippen molar-refractivity contribution in [2.24, 2.45) is 0 Å². The Morgan fingerprint density at radius 3 is 2.82 bits per heavy atom. The molecule has 2 aromatic heterocycles. The summed E-state index contributed by atoms with van der Waals surface area (Å²) in [6, 6.07) is 1.91. The smallest absolute Gasteiger partial charge is 0.140 e. The fourth-order valence-corrected chi connectivity index (χ4v) is 3.47. The normalized spacial score (nSPS) is 12.9. The molecule has 0 saturated heterocycles. The third kappa shape index (κ3) is 2.60. The maximum absolute atomic E-state index is 6.32. The van der Waals surface area contributed by atoms with Gasteiger partial charge in [0.05, 0.1) is 15.8 Å². The Kier molecular flexibility index (Phi) is 4.31. The molecular weight excluding hydrogens is 322 g/mol. The summed E-state index contributed by atoms with van der Waals surface area (Å²) < 4.78 is 6.50. The van der Waals surface area contributed by atoms with Gasteiger partial charge in [-0.3, -0.25) is 0 Å². The summed E-state index contributed by atoms with van der Waals surface area (Å²) in [5.74, 6) is 0.871. The van der Waals surface area contributed by atoms with Gasteiger partial charge in [-0.25, -0.2) is 0 Å². The SMILES string of the molecule is CCNC(c1occc1Br)c1scc(C)c1Cl. The van der Waals surface area contributed by atoms with Gasteiger partial charge in [0.1, 0.15) is 11.8 Å². The molecule has 2 heterocycles. The van der Waals surface area contributed by atoms with Crippen LogP contribution in [0, 0.1) is 6.92 Å². The molecule has 5 heteroatoms. The lowest BCUT2D eigenvalue weighted by atomic mass is 10.1. The van der Waals surface area contributed by atoms with Gasteiger partial charge in [0.2, 0.25) is 0 Å². The second-order valence-corrected chi connectivity index (χ2v) is 5.86. The van der Waals surface area contributed by atoms with Crippen LogP contribution in [-0.2, 0) is 0 Å². The molecule has 2 aromatic rings. The van der Waals surface area contributed by atoms with Crippen molar-refractivity contribution >= 4 is 38.9 Å². The monoisotopic (exact) mass is 333 g/mol. The van der Waals surface area contributed by atoms with Crippen LogP contribution in [0.2, 0.25) is 5.02 Å². The predicted molar refractivity (Wildman–Crippen MR) is 76.0 cm³/mol. The molecule has 2 nitrogen and oxygen atoms in total. The van der Waals surface area contributed by atoms with E-state index in [4.69, 9.17) is 16.0 Å². The highest BCUT2D eigenvalue weighted by Crippen LogP contribution is 2.38. The fourth-order valence-electron chi connectivity index (χ4n) is 1.66. The molecule has 0 amide bonds. The Bertz CT molecular complexity index is 508. The highest BCUT2D eigenvalue weighted by Gasteiger charge is 2.23. The summed E-state index contributed by atoms with van der Waals surface area (Å²) in [5, 5.41) is 6.29. The number of hydrogen-bond donors (Lipinski definition) is 1. The maximum atomic E-state index is 6.32. The van der Waals surface area contributed by atoms with Crippen molar-refractivity contribution in [1.29, 1.82) is 0 Å². The molecule has 1 N–H and O–H groups in total. The summed E-state index contributed by atoms with van der Waals surface area (Å²) in [7, 11) is 0. The quantitative estimate of drug-likeness (QED) is 0.871. The topological polar surface area (TPSA) is 25.2 Å². The zero-order valence-electron chi connectivity index (χ0n) is 9.59. The van der Waals surface area contributed by atoms with Crippen LogP contribution >= 0.6 is 38.9 Å². The first-order chi connectivity index (χ1) is 8.15. The van der Waals surface area contributed by atoms with E-state index in [9.17, 15) is 0 Å². The minimum Gasteiger partial charge on any atom is -0.466 e. The minimum absolute atomic E-state index is 0.00979. The highest BCUT2D eigenvalue weighted by molar-refractivity contribution is 9.10. The van der Waals surface area contributed by atoms with Crippen LogP contribution < -0.4 is 5.32 Å². The van der Waals surface area contributed by atoms with Crippen molar-refractivity contribution in [2.45, 2.75) is 19.9 Å². The van der Waals surface area contributed by atoms with E-state index in [0.717, 1.165) is 32.2 Å². The lowest BCUT2D eigenvalue weighted by Gasteiger charge is -2.15. The number of nitrogens with one attached hydrogen (secondary N) is 1. The largest absolute Gasteiger partial charge is 0.466 e. The third-order valence-corrected chi connectivity index (χ3v) is 4.94. The first-order valence-corrected chi connectivity index (χ1v) is 7.40. The minimum atomic E-state index is 0.00979. The van der Waals surface area contributed by atoms with Crippen molar-refractivity contribution < 1.29 is 4.42 Å². The number of thiophene rings is 1. The molecule has 0 bridgehead atoms. The van der Waals surface area contributed by atoms with Gasteiger partial charge in [0.25, 0.3) is 0 Å². The average molecular weight is 335 g/mol. The van der Waals surface area contributed by atoms with Gasteiger partial charge in [-0.05, 0) is 46.4 Å². The summed E-state index contributed by atoms with van der Waals surface area (Å²) in [6.45, 7) is 4.94. The Labute approximate surface area is 118 Å². The molecule has 0 fully saturated rings. The van der Waals surface area contributed by atoms with Crippen molar-refractivity contribution in [3.05, 3.63) is 43.4 Å². The Balaban J connectivity index is 2.43. The van der Waals surface area contributed by atoms with Gasteiger partial charge in [0.15, 0.2) is 0 Å². The van der Waals surface area contributed by atoms with Crippen LogP contribution in [-0.4, -0.2) is 6.54 Å². The molecule has 0 radical (unpaired) electrons. The van der Waals surface area contributed by atoms with Crippen LogP contribution in [0.4, 0.5) is 0 Å². The van der Waals surface area contributed by atoms with Gasteiger partial charge in [0, 0.05) is 4.88 Å². The predicted octanol–water partition coefficient (Wildman–Crippen LogP) is 4.76. The molecule has 0 spiro atoms. The number of halogens is 2. The number of rotatable bonds is 4. The van der Waals surface area contributed by atoms with Gasteiger partial charge in [-0.15, -0.1) is 11.3 Å². The maximum Gasteiger partial charge on any atom is 0.140 e. The van der Waals surface area contributed by atoms with Crippen molar-refractivity contribution in [3.63, 3.8) is 0 Å². The summed E-state index contributed by atoms with van der Waals surface area (Å²) in [4.78, 5) is 1.10. The molecular formula is C12H13BrClNOS. The van der Waals surface area contributed by atoms with Gasteiger partial charge >= 0.3 is 0 Å². The summed E-state index contributed by atoms with van der Waals surface area (Å²) in [5.41, 5.74) is 1.11. The molecule has 1 unspecified atom stereocenters. The zero-order chi connectivity index (χ0) is 12.4. The van der Waals surface area contributed by atoms with Crippen molar-refractivity contribution in [3.8, 4) is 0 Å². The third-order valence-electron chi connectivity index (χ3n) is 2.50. The van der Waals surface area contributed by atoms with Gasteiger partial charge in [-0.1, -0.05) is 18.5 Å². The van der Waals surface area contributed by atoms with E-state index in [1.54, 1.807) is 17.6 Å². The second-order valence-electron chi connectivity index (χ2n) is 3.72. The Morgan fingerprint density at radius 2 is 2.35 bits per heavy atom. The van der Waals surface area contributed by atoms with Crippen LogP contribution in [0.15, 0.2) is 26.6 Å². The molecule has 92 valence electrons. The molecule has 0 aromatic carbocycles. The summed E-state index contributed by atoms with van der Waals surface area (Å²) in [6.07, 6.45) is 1.68. The van der Waals surface area contributed by atoms with Gasteiger partial charge < -0.3 is 9.73 Å². The molecule has 0 saturated carbocycles. The zero-order valence-corrected chi connectivity index (χ0v) is 12.7. The standard InChI is InChI=1S/C12H13BrClNOS/c1-3-15-10(11-8(13)4-5-16-11)12-9(14)7(2)6-17-12/h4-6,10,15H,3H2,1-2H3. The van der Waals surface area contributed by atoms with Crippen LogP contribution in [0.3, 0.4) is 0 Å². The molecule has 0 aliphatic heterocycles. The van der Waals surface area contributed by atoms with Crippen LogP contribution in [0.5, 0.6) is 0 Å². The highest BCUT2D eigenvalue weighted by atomic mass is 79.9.